The molecule has 1 aromatic carbocycles. The average Bonchev–Trinajstić information content (AvgIpc) is 2.26. The summed E-state index contributed by atoms with van der Waals surface area (Å²) in [5.41, 5.74) is 2.43. The van der Waals surface area contributed by atoms with Crippen LogP contribution in [0.3, 0.4) is 0 Å². The van der Waals surface area contributed by atoms with Gasteiger partial charge in [-0.05, 0) is 13.0 Å². The van der Waals surface area contributed by atoms with Gasteiger partial charge < -0.3 is 9.67 Å². The Morgan fingerprint density at radius 3 is 2.75 bits per heavy atom. The molecule has 0 unspecified atom stereocenters. The highest BCUT2D eigenvalue weighted by molar-refractivity contribution is 5.66. The van der Waals surface area contributed by atoms with E-state index in [1.54, 1.807) is 24.4 Å². The average molecular weight is 215 g/mol. The van der Waals surface area contributed by atoms with E-state index in [-0.39, 0.29) is 11.2 Å². The van der Waals surface area contributed by atoms with E-state index in [2.05, 4.69) is 0 Å². The fraction of sp³-hybridized carbons (Fsp3) is 0.154. The zero-order valence-corrected chi connectivity index (χ0v) is 9.27. The van der Waals surface area contributed by atoms with Crippen molar-refractivity contribution >= 4 is 0 Å². The van der Waals surface area contributed by atoms with Crippen LogP contribution in [0, 0.1) is 6.92 Å². The van der Waals surface area contributed by atoms with Crippen molar-refractivity contribution in [3.8, 4) is 17.0 Å². The fourth-order valence-electron chi connectivity index (χ4n) is 1.72. The number of aryl methyl sites for hydroxylation is 1. The summed E-state index contributed by atoms with van der Waals surface area (Å²) in [6.07, 6.45) is 1.72. The predicted octanol–water partition coefficient (Wildman–Crippen LogP) is 2.07. The number of hydrogen-bond acceptors (Lipinski definition) is 2. The number of benzene rings is 1. The summed E-state index contributed by atoms with van der Waals surface area (Å²) in [5, 5.41) is 9.63. The van der Waals surface area contributed by atoms with Gasteiger partial charge in [-0.3, -0.25) is 4.79 Å². The van der Waals surface area contributed by atoms with Crippen molar-refractivity contribution in [2.24, 2.45) is 7.05 Å². The highest BCUT2D eigenvalue weighted by Gasteiger charge is 2.07. The first-order valence-electron chi connectivity index (χ1n) is 5.05. The lowest BCUT2D eigenvalue weighted by atomic mass is 10.0. The van der Waals surface area contributed by atoms with Crippen molar-refractivity contribution in [2.75, 3.05) is 0 Å². The molecule has 1 N–H and O–H groups in total. The smallest absolute Gasteiger partial charge is 0.182 e. The molecule has 2 rings (SSSR count). The SMILES string of the molecule is Cc1c(O)cccc1-c1cc(=O)ccn1C. The first-order valence-corrected chi connectivity index (χ1v) is 5.05. The van der Waals surface area contributed by atoms with Crippen molar-refractivity contribution in [3.63, 3.8) is 0 Å². The molecule has 0 radical (unpaired) electrons. The molecule has 0 aliphatic carbocycles. The first kappa shape index (κ1) is 10.5. The number of aromatic nitrogens is 1. The molecule has 0 saturated carbocycles. The fourth-order valence-corrected chi connectivity index (χ4v) is 1.72. The van der Waals surface area contributed by atoms with E-state index in [4.69, 9.17) is 0 Å². The quantitative estimate of drug-likeness (QED) is 0.791. The van der Waals surface area contributed by atoms with Crippen molar-refractivity contribution < 1.29 is 5.11 Å². The molecule has 3 heteroatoms. The Bertz CT molecular complexity index is 585. The van der Waals surface area contributed by atoms with Gasteiger partial charge in [0.2, 0.25) is 0 Å². The van der Waals surface area contributed by atoms with Crippen LogP contribution < -0.4 is 5.43 Å². The van der Waals surface area contributed by atoms with Gasteiger partial charge in [0.25, 0.3) is 0 Å². The second-order valence-electron chi connectivity index (χ2n) is 3.81. The minimum atomic E-state index is -0.0316. The molecule has 0 saturated heterocycles. The molecule has 0 fully saturated rings. The first-order chi connectivity index (χ1) is 7.59. The predicted molar refractivity (Wildman–Crippen MR) is 63.5 cm³/mol. The van der Waals surface area contributed by atoms with Crippen LogP contribution in [0.4, 0.5) is 0 Å². The van der Waals surface area contributed by atoms with E-state index in [1.165, 1.54) is 6.07 Å². The molecule has 0 aliphatic heterocycles. The van der Waals surface area contributed by atoms with E-state index >= 15 is 0 Å². The van der Waals surface area contributed by atoms with E-state index < -0.39 is 0 Å². The number of phenols is 1. The molecule has 0 bridgehead atoms. The lowest BCUT2D eigenvalue weighted by Gasteiger charge is -2.11. The van der Waals surface area contributed by atoms with Gasteiger partial charge in [0.15, 0.2) is 5.43 Å². The number of hydrogen-bond donors (Lipinski definition) is 1. The monoisotopic (exact) mass is 215 g/mol. The molecular formula is C13H13NO2. The Labute approximate surface area is 93.6 Å². The van der Waals surface area contributed by atoms with E-state index in [0.29, 0.717) is 0 Å². The molecule has 0 atom stereocenters. The second-order valence-corrected chi connectivity index (χ2v) is 3.81. The number of phenolic OH excluding ortho intramolecular Hbond substituents is 1. The molecule has 16 heavy (non-hydrogen) atoms. The van der Waals surface area contributed by atoms with Crippen LogP contribution in [-0.2, 0) is 7.05 Å². The third kappa shape index (κ3) is 1.72. The van der Waals surface area contributed by atoms with Gasteiger partial charge in [-0.2, -0.15) is 0 Å². The zero-order chi connectivity index (χ0) is 11.7. The summed E-state index contributed by atoms with van der Waals surface area (Å²) in [7, 11) is 1.87. The van der Waals surface area contributed by atoms with Gasteiger partial charge in [-0.25, -0.2) is 0 Å². The highest BCUT2D eigenvalue weighted by atomic mass is 16.3. The van der Waals surface area contributed by atoms with Crippen LogP contribution in [-0.4, -0.2) is 9.67 Å². The Kier molecular flexibility index (Phi) is 2.52. The second kappa shape index (κ2) is 3.85. The van der Waals surface area contributed by atoms with Crippen molar-refractivity contribution in [1.29, 1.82) is 0 Å². The largest absolute Gasteiger partial charge is 0.508 e. The van der Waals surface area contributed by atoms with Crippen molar-refractivity contribution in [3.05, 3.63) is 52.3 Å². The molecule has 3 nitrogen and oxygen atoms in total. The summed E-state index contributed by atoms with van der Waals surface area (Å²) in [6, 6.07) is 8.39. The topological polar surface area (TPSA) is 42.2 Å². The van der Waals surface area contributed by atoms with Crippen LogP contribution in [0.5, 0.6) is 5.75 Å². The van der Waals surface area contributed by atoms with Gasteiger partial charge in [0, 0.05) is 36.5 Å². The normalized spacial score (nSPS) is 10.4. The van der Waals surface area contributed by atoms with Crippen molar-refractivity contribution in [1.82, 2.24) is 4.57 Å². The lowest BCUT2D eigenvalue weighted by Crippen LogP contribution is -2.05. The summed E-state index contributed by atoms with van der Waals surface area (Å²) in [5.74, 6) is 0.244. The third-order valence-electron chi connectivity index (χ3n) is 2.70. The Morgan fingerprint density at radius 2 is 2.00 bits per heavy atom. The number of pyridine rings is 1. The summed E-state index contributed by atoms with van der Waals surface area (Å²) in [6.45, 7) is 1.84. The van der Waals surface area contributed by atoms with Crippen LogP contribution in [0.2, 0.25) is 0 Å². The molecular weight excluding hydrogens is 202 g/mol. The minimum Gasteiger partial charge on any atom is -0.508 e. The summed E-state index contributed by atoms with van der Waals surface area (Å²) in [4.78, 5) is 11.3. The molecule has 0 spiro atoms. The third-order valence-corrected chi connectivity index (χ3v) is 2.70. The van der Waals surface area contributed by atoms with E-state index in [1.807, 2.05) is 24.6 Å². The van der Waals surface area contributed by atoms with Crippen LogP contribution in [0.15, 0.2) is 41.3 Å². The van der Waals surface area contributed by atoms with Crippen LogP contribution >= 0.6 is 0 Å². The molecule has 1 aromatic heterocycles. The standard InChI is InChI=1S/C13H13NO2/c1-9-11(4-3-5-13(9)16)12-8-10(15)6-7-14(12)2/h3-8,16H,1-2H3. The van der Waals surface area contributed by atoms with Crippen LogP contribution in [0.1, 0.15) is 5.56 Å². The van der Waals surface area contributed by atoms with Crippen molar-refractivity contribution in [2.45, 2.75) is 6.92 Å². The van der Waals surface area contributed by atoms with Crippen LogP contribution in [0.25, 0.3) is 11.3 Å². The minimum absolute atomic E-state index is 0.0316. The maximum Gasteiger partial charge on any atom is 0.182 e. The highest BCUT2D eigenvalue weighted by Crippen LogP contribution is 2.27. The maximum atomic E-state index is 11.3. The summed E-state index contributed by atoms with van der Waals surface area (Å²) >= 11 is 0. The summed E-state index contributed by atoms with van der Waals surface area (Å²) < 4.78 is 1.86. The lowest BCUT2D eigenvalue weighted by molar-refractivity contribution is 0.471. The Balaban J connectivity index is 2.72. The van der Waals surface area contributed by atoms with Gasteiger partial charge in [0.1, 0.15) is 5.75 Å². The Morgan fingerprint density at radius 1 is 1.25 bits per heavy atom. The number of nitrogens with zero attached hydrogens (tertiary/aromatic N) is 1. The number of aromatic hydroxyl groups is 1. The molecule has 2 aromatic rings. The number of rotatable bonds is 1. The van der Waals surface area contributed by atoms with Gasteiger partial charge >= 0.3 is 0 Å². The zero-order valence-electron chi connectivity index (χ0n) is 9.27. The van der Waals surface area contributed by atoms with E-state index in [0.717, 1.165) is 16.8 Å². The molecule has 1 heterocycles. The maximum absolute atomic E-state index is 11.3. The van der Waals surface area contributed by atoms with Gasteiger partial charge in [0.05, 0.1) is 5.69 Å². The van der Waals surface area contributed by atoms with Gasteiger partial charge in [-0.1, -0.05) is 12.1 Å². The molecule has 0 amide bonds. The Hall–Kier alpha value is -2.03. The van der Waals surface area contributed by atoms with E-state index in [9.17, 15) is 9.90 Å². The molecule has 0 aliphatic rings. The molecule has 82 valence electrons. The van der Waals surface area contributed by atoms with Gasteiger partial charge in [-0.15, -0.1) is 0 Å².